The van der Waals surface area contributed by atoms with Crippen LogP contribution in [0.25, 0.3) is 0 Å². The Balaban J connectivity index is 3.58. The molecule has 1 atom stereocenters. The van der Waals surface area contributed by atoms with E-state index in [0.29, 0.717) is 6.42 Å². The lowest BCUT2D eigenvalue weighted by molar-refractivity contribution is -0.119. The van der Waals surface area contributed by atoms with Gasteiger partial charge in [0.15, 0.2) is 0 Å². The standard InChI is InChI=1S/C21H37NO4S/c1-2-3-4-5-6-7-8-9-10-11-12-13-14-15-16-17-20(23)18-21(19-22)27(24,25)26/h3-4,6-7,9-10,21H,2,5,8,11-19,22H2,1H3,(H,24,25,26)/b4-3-,7-6-,10-9-. The number of Topliss-reactive ketones (excluding diaryl/α,β-unsaturated/α-hetero) is 1. The highest BCUT2D eigenvalue weighted by molar-refractivity contribution is 7.86. The van der Waals surface area contributed by atoms with Crippen molar-refractivity contribution in [3.63, 3.8) is 0 Å². The number of hydrogen-bond donors (Lipinski definition) is 2. The highest BCUT2D eigenvalue weighted by Crippen LogP contribution is 2.11. The first-order chi connectivity index (χ1) is 12.9. The second-order valence-corrected chi connectivity index (χ2v) is 8.41. The fourth-order valence-corrected chi connectivity index (χ4v) is 3.25. The van der Waals surface area contributed by atoms with Crippen LogP contribution in [-0.2, 0) is 14.9 Å². The summed E-state index contributed by atoms with van der Waals surface area (Å²) < 4.78 is 31.0. The summed E-state index contributed by atoms with van der Waals surface area (Å²) in [5, 5.41) is -1.17. The van der Waals surface area contributed by atoms with Crippen molar-refractivity contribution < 1.29 is 17.8 Å². The maximum absolute atomic E-state index is 11.7. The normalized spacial score (nSPS) is 13.9. The SMILES string of the molecule is CC/C=C\C/C=C\C/C=C\CCCCCCCC(=O)CC(CN)S(=O)(=O)O. The first kappa shape index (κ1) is 25.8. The molecule has 6 heteroatoms. The van der Waals surface area contributed by atoms with Crippen LogP contribution in [0, 0.1) is 0 Å². The molecule has 0 radical (unpaired) electrons. The van der Waals surface area contributed by atoms with Gasteiger partial charge in [-0.2, -0.15) is 8.42 Å². The van der Waals surface area contributed by atoms with Crippen LogP contribution in [0.2, 0.25) is 0 Å². The second-order valence-electron chi connectivity index (χ2n) is 6.72. The van der Waals surface area contributed by atoms with E-state index in [1.165, 1.54) is 0 Å². The average Bonchev–Trinajstić information content (AvgIpc) is 2.62. The quantitative estimate of drug-likeness (QED) is 0.209. The van der Waals surface area contributed by atoms with Gasteiger partial charge in [-0.05, 0) is 38.5 Å². The van der Waals surface area contributed by atoms with Gasteiger partial charge in [-0.3, -0.25) is 9.35 Å². The molecule has 0 aliphatic rings. The topological polar surface area (TPSA) is 97.5 Å². The Morgan fingerprint density at radius 3 is 2.07 bits per heavy atom. The molecular formula is C21H37NO4S. The van der Waals surface area contributed by atoms with Crippen LogP contribution >= 0.6 is 0 Å². The van der Waals surface area contributed by atoms with Crippen molar-refractivity contribution in [2.45, 2.75) is 82.8 Å². The van der Waals surface area contributed by atoms with E-state index in [-0.39, 0.29) is 18.7 Å². The van der Waals surface area contributed by atoms with Gasteiger partial charge in [0.1, 0.15) is 11.0 Å². The molecule has 0 aliphatic carbocycles. The van der Waals surface area contributed by atoms with E-state index in [0.717, 1.165) is 57.8 Å². The van der Waals surface area contributed by atoms with E-state index in [4.69, 9.17) is 10.3 Å². The number of carbonyl (C=O) groups excluding carboxylic acids is 1. The lowest BCUT2D eigenvalue weighted by atomic mass is 10.1. The van der Waals surface area contributed by atoms with Crippen molar-refractivity contribution in [2.24, 2.45) is 5.73 Å². The van der Waals surface area contributed by atoms with Gasteiger partial charge in [0.25, 0.3) is 10.1 Å². The molecule has 0 saturated carbocycles. The molecule has 156 valence electrons. The zero-order valence-corrected chi connectivity index (χ0v) is 17.5. The largest absolute Gasteiger partial charge is 0.329 e. The third-order valence-corrected chi connectivity index (χ3v) is 5.45. The fourth-order valence-electron chi connectivity index (χ4n) is 2.61. The van der Waals surface area contributed by atoms with Gasteiger partial charge >= 0.3 is 0 Å². The minimum absolute atomic E-state index is 0.149. The van der Waals surface area contributed by atoms with Gasteiger partial charge in [0.2, 0.25) is 0 Å². The van der Waals surface area contributed by atoms with Crippen molar-refractivity contribution in [1.29, 1.82) is 0 Å². The average molecular weight is 400 g/mol. The molecule has 27 heavy (non-hydrogen) atoms. The number of allylic oxidation sites excluding steroid dienone is 6. The lowest BCUT2D eigenvalue weighted by Gasteiger charge is -2.10. The Hall–Kier alpha value is -1.24. The van der Waals surface area contributed by atoms with E-state index in [1.807, 2.05) is 0 Å². The Kier molecular flexibility index (Phi) is 16.1. The van der Waals surface area contributed by atoms with Crippen molar-refractivity contribution in [2.75, 3.05) is 6.54 Å². The summed E-state index contributed by atoms with van der Waals surface area (Å²) >= 11 is 0. The van der Waals surface area contributed by atoms with Gasteiger partial charge < -0.3 is 5.73 Å². The molecule has 0 spiro atoms. The number of unbranched alkanes of at least 4 members (excludes halogenated alkanes) is 5. The molecule has 0 aromatic rings. The Labute approximate surface area is 165 Å². The van der Waals surface area contributed by atoms with Crippen LogP contribution in [0.1, 0.15) is 77.6 Å². The van der Waals surface area contributed by atoms with Crippen molar-refractivity contribution in [1.82, 2.24) is 0 Å². The van der Waals surface area contributed by atoms with Crippen LogP contribution < -0.4 is 5.73 Å². The number of hydrogen-bond acceptors (Lipinski definition) is 4. The van der Waals surface area contributed by atoms with Gasteiger partial charge in [-0.15, -0.1) is 0 Å². The molecule has 3 N–H and O–H groups in total. The highest BCUT2D eigenvalue weighted by Gasteiger charge is 2.23. The number of carbonyl (C=O) groups is 1. The predicted molar refractivity (Wildman–Crippen MR) is 113 cm³/mol. The monoisotopic (exact) mass is 399 g/mol. The minimum Gasteiger partial charge on any atom is -0.329 e. The molecular weight excluding hydrogens is 362 g/mol. The molecule has 1 unspecified atom stereocenters. The Morgan fingerprint density at radius 2 is 1.48 bits per heavy atom. The maximum Gasteiger partial charge on any atom is 0.269 e. The zero-order chi connectivity index (χ0) is 20.4. The Morgan fingerprint density at radius 1 is 0.926 bits per heavy atom. The molecule has 0 amide bonds. The zero-order valence-electron chi connectivity index (χ0n) is 16.7. The first-order valence-corrected chi connectivity index (χ1v) is 11.5. The van der Waals surface area contributed by atoms with Crippen LogP contribution in [0.4, 0.5) is 0 Å². The number of nitrogens with two attached hydrogens (primary N) is 1. The summed E-state index contributed by atoms with van der Waals surface area (Å²) in [7, 11) is -4.23. The molecule has 0 bridgehead atoms. The third-order valence-electron chi connectivity index (χ3n) is 4.25. The summed E-state index contributed by atoms with van der Waals surface area (Å²) in [5.74, 6) is -0.149. The summed E-state index contributed by atoms with van der Waals surface area (Å²) in [6, 6.07) is 0. The van der Waals surface area contributed by atoms with E-state index in [1.54, 1.807) is 0 Å². The summed E-state index contributed by atoms with van der Waals surface area (Å²) in [4.78, 5) is 11.7. The van der Waals surface area contributed by atoms with Crippen molar-refractivity contribution in [3.05, 3.63) is 36.5 Å². The second kappa shape index (κ2) is 16.9. The van der Waals surface area contributed by atoms with Crippen LogP contribution in [0.15, 0.2) is 36.5 Å². The van der Waals surface area contributed by atoms with Crippen LogP contribution in [-0.4, -0.2) is 30.5 Å². The Bertz CT molecular complexity index is 565. The van der Waals surface area contributed by atoms with E-state index in [9.17, 15) is 13.2 Å². The number of rotatable bonds is 17. The first-order valence-electron chi connectivity index (χ1n) is 10.0. The van der Waals surface area contributed by atoms with Gasteiger partial charge in [0.05, 0.1) is 0 Å². The van der Waals surface area contributed by atoms with Gasteiger partial charge in [-0.1, -0.05) is 62.6 Å². The minimum atomic E-state index is -4.23. The molecule has 0 fully saturated rings. The lowest BCUT2D eigenvalue weighted by Crippen LogP contribution is -2.31. The highest BCUT2D eigenvalue weighted by atomic mass is 32.2. The molecule has 0 saturated heterocycles. The predicted octanol–water partition coefficient (Wildman–Crippen LogP) is 4.75. The van der Waals surface area contributed by atoms with Gasteiger partial charge in [0, 0.05) is 19.4 Å². The molecule has 0 aromatic heterocycles. The molecule has 0 aromatic carbocycles. The summed E-state index contributed by atoms with van der Waals surface area (Å²) in [6.45, 7) is 1.90. The molecule has 0 heterocycles. The van der Waals surface area contributed by atoms with Crippen molar-refractivity contribution >= 4 is 15.9 Å². The fraction of sp³-hybridized carbons (Fsp3) is 0.667. The van der Waals surface area contributed by atoms with Gasteiger partial charge in [-0.25, -0.2) is 0 Å². The van der Waals surface area contributed by atoms with Crippen LogP contribution in [0.3, 0.4) is 0 Å². The maximum atomic E-state index is 11.7. The third kappa shape index (κ3) is 16.6. The molecule has 5 nitrogen and oxygen atoms in total. The smallest absolute Gasteiger partial charge is 0.269 e. The summed E-state index contributed by atoms with van der Waals surface area (Å²) in [5.41, 5.74) is 5.29. The van der Waals surface area contributed by atoms with Crippen molar-refractivity contribution in [3.8, 4) is 0 Å². The van der Waals surface area contributed by atoms with Crippen LogP contribution in [0.5, 0.6) is 0 Å². The van der Waals surface area contributed by atoms with E-state index in [2.05, 4.69) is 43.4 Å². The number of ketones is 1. The molecule has 0 aliphatic heterocycles. The van der Waals surface area contributed by atoms with E-state index >= 15 is 0 Å². The summed E-state index contributed by atoms with van der Waals surface area (Å²) in [6.07, 6.45) is 22.5. The molecule has 0 rings (SSSR count). The van der Waals surface area contributed by atoms with E-state index < -0.39 is 15.4 Å².